The van der Waals surface area contributed by atoms with Crippen molar-refractivity contribution >= 4 is 0 Å². The number of fused-ring (bicyclic) bond motifs is 1. The quantitative estimate of drug-likeness (QED) is 0.825. The molecule has 0 bridgehead atoms. The molecule has 0 spiro atoms. The van der Waals surface area contributed by atoms with Crippen molar-refractivity contribution in [3.8, 4) is 0 Å². The van der Waals surface area contributed by atoms with Crippen LogP contribution in [0.25, 0.3) is 0 Å². The molecule has 0 atom stereocenters. The molecule has 0 unspecified atom stereocenters. The highest BCUT2D eigenvalue weighted by molar-refractivity contribution is 5.21. The van der Waals surface area contributed by atoms with Gasteiger partial charge in [-0.3, -0.25) is 4.90 Å². The van der Waals surface area contributed by atoms with E-state index in [1.807, 2.05) is 0 Å². The minimum atomic E-state index is 0.499. The summed E-state index contributed by atoms with van der Waals surface area (Å²) < 4.78 is 2.28. The molecule has 0 saturated heterocycles. The molecule has 90 valence electrons. The lowest BCUT2D eigenvalue weighted by atomic mass is 10.1. The predicted molar refractivity (Wildman–Crippen MR) is 65.3 cm³/mol. The van der Waals surface area contributed by atoms with E-state index in [9.17, 15) is 0 Å². The average Bonchev–Trinajstić information content (AvgIpc) is 2.56. The molecule has 2 rings (SSSR count). The van der Waals surface area contributed by atoms with E-state index in [2.05, 4.69) is 30.4 Å². The summed E-state index contributed by atoms with van der Waals surface area (Å²) in [4.78, 5) is 7.15. The zero-order valence-corrected chi connectivity index (χ0v) is 10.5. The van der Waals surface area contributed by atoms with Crippen LogP contribution in [0.2, 0.25) is 0 Å². The van der Waals surface area contributed by atoms with E-state index in [1.54, 1.807) is 0 Å². The summed E-state index contributed by atoms with van der Waals surface area (Å²) in [6.45, 7) is 8.19. The number of aromatic nitrogens is 2. The van der Waals surface area contributed by atoms with E-state index in [-0.39, 0.29) is 0 Å². The van der Waals surface area contributed by atoms with Crippen LogP contribution in [0.4, 0.5) is 0 Å². The normalized spacial score (nSPS) is 16.8. The van der Waals surface area contributed by atoms with Crippen LogP contribution in [0.5, 0.6) is 0 Å². The van der Waals surface area contributed by atoms with Crippen LogP contribution in [0, 0.1) is 0 Å². The summed E-state index contributed by atoms with van der Waals surface area (Å²) in [5.74, 6) is 1.71. The van der Waals surface area contributed by atoms with Gasteiger partial charge >= 0.3 is 0 Å². The Labute approximate surface area is 97.4 Å². The van der Waals surface area contributed by atoms with Gasteiger partial charge in [0.05, 0.1) is 5.69 Å². The van der Waals surface area contributed by atoms with E-state index in [0.29, 0.717) is 5.92 Å². The molecule has 1 aromatic heterocycles. The molecule has 0 aromatic carbocycles. The number of hydrogen-bond acceptors (Lipinski definition) is 3. The van der Waals surface area contributed by atoms with Gasteiger partial charge in [-0.05, 0) is 0 Å². The lowest BCUT2D eigenvalue weighted by Crippen LogP contribution is -2.34. The van der Waals surface area contributed by atoms with Gasteiger partial charge in [-0.1, -0.05) is 13.8 Å². The van der Waals surface area contributed by atoms with E-state index in [0.717, 1.165) is 32.6 Å². The lowest BCUT2D eigenvalue weighted by Gasteiger charge is -2.25. The molecule has 4 heteroatoms. The molecule has 0 aliphatic carbocycles. The number of nitrogens with zero attached hydrogens (tertiary/aromatic N) is 3. The van der Waals surface area contributed by atoms with Crippen molar-refractivity contribution in [3.05, 3.63) is 17.2 Å². The van der Waals surface area contributed by atoms with Crippen LogP contribution < -0.4 is 5.73 Å². The summed E-state index contributed by atoms with van der Waals surface area (Å²) in [6.07, 6.45) is 1.10. The van der Waals surface area contributed by atoms with E-state index >= 15 is 0 Å². The number of imidazole rings is 1. The molecule has 16 heavy (non-hydrogen) atoms. The Morgan fingerprint density at radius 2 is 2.19 bits per heavy atom. The minimum Gasteiger partial charge on any atom is -0.335 e. The van der Waals surface area contributed by atoms with Crippen molar-refractivity contribution in [1.82, 2.24) is 14.5 Å². The summed E-state index contributed by atoms with van der Waals surface area (Å²) in [7, 11) is 2.14. The number of hydrogen-bond donors (Lipinski definition) is 1. The van der Waals surface area contributed by atoms with Gasteiger partial charge in [0, 0.05) is 51.3 Å². The van der Waals surface area contributed by atoms with Crippen molar-refractivity contribution in [2.45, 2.75) is 32.7 Å². The first-order valence-electron chi connectivity index (χ1n) is 6.10. The lowest BCUT2D eigenvalue weighted by molar-refractivity contribution is 0.256. The molecule has 0 amide bonds. The van der Waals surface area contributed by atoms with E-state index in [1.165, 1.54) is 17.2 Å². The van der Waals surface area contributed by atoms with Crippen LogP contribution in [0.3, 0.4) is 0 Å². The SMILES string of the molecule is CC(C)c1nc2c(n1C)CCN(CCN)C2. The Morgan fingerprint density at radius 3 is 2.81 bits per heavy atom. The Balaban J connectivity index is 2.23. The fourth-order valence-corrected chi connectivity index (χ4v) is 2.49. The highest BCUT2D eigenvalue weighted by Crippen LogP contribution is 2.22. The van der Waals surface area contributed by atoms with Gasteiger partial charge in [0.15, 0.2) is 0 Å². The molecule has 0 saturated carbocycles. The van der Waals surface area contributed by atoms with Crippen molar-refractivity contribution in [2.75, 3.05) is 19.6 Å². The van der Waals surface area contributed by atoms with Gasteiger partial charge < -0.3 is 10.3 Å². The fourth-order valence-electron chi connectivity index (χ4n) is 2.49. The van der Waals surface area contributed by atoms with Crippen molar-refractivity contribution in [1.29, 1.82) is 0 Å². The Kier molecular flexibility index (Phi) is 3.30. The van der Waals surface area contributed by atoms with Gasteiger partial charge in [-0.15, -0.1) is 0 Å². The van der Waals surface area contributed by atoms with E-state index < -0.39 is 0 Å². The van der Waals surface area contributed by atoms with Crippen LogP contribution in [-0.2, 0) is 20.0 Å². The molecule has 0 fully saturated rings. The molecule has 1 aliphatic heterocycles. The van der Waals surface area contributed by atoms with E-state index in [4.69, 9.17) is 10.7 Å². The van der Waals surface area contributed by atoms with Crippen LogP contribution in [-0.4, -0.2) is 34.1 Å². The fraction of sp³-hybridized carbons (Fsp3) is 0.750. The summed E-state index contributed by atoms with van der Waals surface area (Å²) in [5.41, 5.74) is 8.26. The predicted octanol–water partition coefficient (Wildman–Crippen LogP) is 0.860. The first kappa shape index (κ1) is 11.6. The summed E-state index contributed by atoms with van der Waals surface area (Å²) >= 11 is 0. The highest BCUT2D eigenvalue weighted by atomic mass is 15.2. The van der Waals surface area contributed by atoms with Crippen LogP contribution in [0.15, 0.2) is 0 Å². The average molecular weight is 222 g/mol. The van der Waals surface area contributed by atoms with Gasteiger partial charge in [0.25, 0.3) is 0 Å². The molecule has 0 radical (unpaired) electrons. The molecular formula is C12H22N4. The van der Waals surface area contributed by atoms with Crippen LogP contribution >= 0.6 is 0 Å². The topological polar surface area (TPSA) is 47.1 Å². The first-order chi connectivity index (χ1) is 7.63. The smallest absolute Gasteiger partial charge is 0.111 e. The third-order valence-electron chi connectivity index (χ3n) is 3.33. The monoisotopic (exact) mass is 222 g/mol. The number of rotatable bonds is 3. The third kappa shape index (κ3) is 1.99. The van der Waals surface area contributed by atoms with Crippen LogP contribution in [0.1, 0.15) is 37.0 Å². The maximum Gasteiger partial charge on any atom is 0.111 e. The Morgan fingerprint density at radius 1 is 1.44 bits per heavy atom. The Bertz CT molecular complexity index is 367. The second kappa shape index (κ2) is 4.55. The second-order valence-electron chi connectivity index (χ2n) is 4.89. The molecule has 2 N–H and O–H groups in total. The molecule has 2 heterocycles. The number of nitrogens with two attached hydrogens (primary N) is 1. The summed E-state index contributed by atoms with van der Waals surface area (Å²) in [5, 5.41) is 0. The first-order valence-corrected chi connectivity index (χ1v) is 6.10. The van der Waals surface area contributed by atoms with Gasteiger partial charge in [0.1, 0.15) is 5.82 Å². The van der Waals surface area contributed by atoms with Crippen molar-refractivity contribution < 1.29 is 0 Å². The third-order valence-corrected chi connectivity index (χ3v) is 3.33. The minimum absolute atomic E-state index is 0.499. The van der Waals surface area contributed by atoms with Gasteiger partial charge in [-0.25, -0.2) is 4.98 Å². The Hall–Kier alpha value is -0.870. The van der Waals surface area contributed by atoms with Gasteiger partial charge in [0.2, 0.25) is 0 Å². The molecule has 1 aromatic rings. The van der Waals surface area contributed by atoms with Gasteiger partial charge in [-0.2, -0.15) is 0 Å². The maximum absolute atomic E-state index is 5.60. The summed E-state index contributed by atoms with van der Waals surface area (Å²) in [6, 6.07) is 0. The van der Waals surface area contributed by atoms with Crippen molar-refractivity contribution in [3.63, 3.8) is 0 Å². The zero-order valence-electron chi connectivity index (χ0n) is 10.5. The highest BCUT2D eigenvalue weighted by Gasteiger charge is 2.22. The van der Waals surface area contributed by atoms with Crippen molar-refractivity contribution in [2.24, 2.45) is 12.8 Å². The molecular weight excluding hydrogens is 200 g/mol. The molecule has 1 aliphatic rings. The standard InChI is InChI=1S/C12H22N4/c1-9(2)12-14-10-8-16(7-5-13)6-4-11(10)15(12)3/h9H,4-8,13H2,1-3H3. The molecule has 4 nitrogen and oxygen atoms in total. The second-order valence-corrected chi connectivity index (χ2v) is 4.89. The zero-order chi connectivity index (χ0) is 11.7. The maximum atomic E-state index is 5.60. The largest absolute Gasteiger partial charge is 0.335 e.